The van der Waals surface area contributed by atoms with Gasteiger partial charge in [0.15, 0.2) is 0 Å². The summed E-state index contributed by atoms with van der Waals surface area (Å²) in [5, 5.41) is 13.4. The van der Waals surface area contributed by atoms with Crippen molar-refractivity contribution in [3.8, 4) is 0 Å². The summed E-state index contributed by atoms with van der Waals surface area (Å²) in [6, 6.07) is 17.5. The van der Waals surface area contributed by atoms with Gasteiger partial charge in [-0.3, -0.25) is 4.79 Å². The van der Waals surface area contributed by atoms with Crippen molar-refractivity contribution in [3.05, 3.63) is 71.3 Å². The van der Waals surface area contributed by atoms with Crippen molar-refractivity contribution in [3.63, 3.8) is 0 Å². The molecular formula is C18H21NO2. The van der Waals surface area contributed by atoms with Crippen LogP contribution in [0, 0.1) is 0 Å². The minimum absolute atomic E-state index is 0.255. The van der Waals surface area contributed by atoms with E-state index in [4.69, 9.17) is 0 Å². The Bertz CT molecular complexity index is 551. The zero-order valence-corrected chi connectivity index (χ0v) is 12.2. The molecular weight excluding hydrogens is 262 g/mol. The van der Waals surface area contributed by atoms with Gasteiger partial charge in [0, 0.05) is 18.2 Å². The molecule has 21 heavy (non-hydrogen) atoms. The second-order valence-electron chi connectivity index (χ2n) is 5.30. The third kappa shape index (κ3) is 4.81. The lowest BCUT2D eigenvalue weighted by molar-refractivity contribution is 0.112. The van der Waals surface area contributed by atoms with Gasteiger partial charge in [-0.05, 0) is 24.5 Å². The Labute approximate surface area is 125 Å². The van der Waals surface area contributed by atoms with Gasteiger partial charge in [-0.25, -0.2) is 0 Å². The molecule has 2 unspecified atom stereocenters. The molecule has 2 N–H and O–H groups in total. The predicted octanol–water partition coefficient (Wildman–Crippen LogP) is 2.75. The topological polar surface area (TPSA) is 49.3 Å². The molecule has 0 heterocycles. The van der Waals surface area contributed by atoms with E-state index in [9.17, 15) is 9.90 Å². The fourth-order valence-electron chi connectivity index (χ4n) is 2.26. The van der Waals surface area contributed by atoms with Crippen LogP contribution in [0.2, 0.25) is 0 Å². The van der Waals surface area contributed by atoms with Crippen LogP contribution in [0.25, 0.3) is 0 Å². The van der Waals surface area contributed by atoms with Gasteiger partial charge in [0.25, 0.3) is 0 Å². The maximum atomic E-state index is 10.6. The molecule has 3 heteroatoms. The normalized spacial score (nSPS) is 13.6. The fraction of sp³-hybridized carbons (Fsp3) is 0.278. The largest absolute Gasteiger partial charge is 0.387 e. The van der Waals surface area contributed by atoms with Crippen LogP contribution >= 0.6 is 0 Å². The molecule has 3 nitrogen and oxygen atoms in total. The molecule has 110 valence electrons. The second kappa shape index (κ2) is 7.72. The fourth-order valence-corrected chi connectivity index (χ4v) is 2.26. The van der Waals surface area contributed by atoms with Gasteiger partial charge in [-0.1, -0.05) is 54.6 Å². The first-order chi connectivity index (χ1) is 10.2. The Morgan fingerprint density at radius 2 is 1.76 bits per heavy atom. The van der Waals surface area contributed by atoms with Gasteiger partial charge in [-0.15, -0.1) is 0 Å². The van der Waals surface area contributed by atoms with Crippen LogP contribution in [-0.4, -0.2) is 24.0 Å². The number of benzene rings is 2. The van der Waals surface area contributed by atoms with Crippen LogP contribution in [0.3, 0.4) is 0 Å². The molecule has 0 aliphatic carbocycles. The lowest BCUT2D eigenvalue weighted by atomic mass is 10.0. The Balaban J connectivity index is 1.81. The van der Waals surface area contributed by atoms with Gasteiger partial charge < -0.3 is 10.4 Å². The van der Waals surface area contributed by atoms with Gasteiger partial charge in [0.1, 0.15) is 6.29 Å². The monoisotopic (exact) mass is 283 g/mol. The third-order valence-electron chi connectivity index (χ3n) is 3.50. The lowest BCUT2D eigenvalue weighted by Gasteiger charge is -2.17. The van der Waals surface area contributed by atoms with Crippen molar-refractivity contribution in [2.75, 3.05) is 6.54 Å². The number of aliphatic hydroxyl groups excluding tert-OH is 1. The predicted molar refractivity (Wildman–Crippen MR) is 84.4 cm³/mol. The van der Waals surface area contributed by atoms with Gasteiger partial charge in [0.2, 0.25) is 0 Å². The van der Waals surface area contributed by atoms with Crippen molar-refractivity contribution in [1.82, 2.24) is 5.32 Å². The Hall–Kier alpha value is -1.97. The molecule has 0 spiro atoms. The van der Waals surface area contributed by atoms with Gasteiger partial charge >= 0.3 is 0 Å². The maximum absolute atomic E-state index is 10.6. The number of carbonyl (C=O) groups is 1. The van der Waals surface area contributed by atoms with Crippen LogP contribution in [0.4, 0.5) is 0 Å². The van der Waals surface area contributed by atoms with Crippen LogP contribution in [0.5, 0.6) is 0 Å². The third-order valence-corrected chi connectivity index (χ3v) is 3.50. The second-order valence-corrected chi connectivity index (χ2v) is 5.30. The molecule has 0 amide bonds. The number of nitrogens with one attached hydrogen (secondary N) is 1. The quantitative estimate of drug-likeness (QED) is 0.768. The molecule has 0 aliphatic heterocycles. The van der Waals surface area contributed by atoms with Crippen molar-refractivity contribution in [2.45, 2.75) is 25.5 Å². The van der Waals surface area contributed by atoms with Crippen LogP contribution < -0.4 is 5.32 Å². The smallest absolute Gasteiger partial charge is 0.150 e. The average Bonchev–Trinajstić information content (AvgIpc) is 2.54. The Morgan fingerprint density at radius 1 is 1.10 bits per heavy atom. The van der Waals surface area contributed by atoms with Crippen molar-refractivity contribution in [1.29, 1.82) is 0 Å². The minimum Gasteiger partial charge on any atom is -0.387 e. The summed E-state index contributed by atoms with van der Waals surface area (Å²) >= 11 is 0. The summed E-state index contributed by atoms with van der Waals surface area (Å²) in [4.78, 5) is 10.6. The zero-order valence-electron chi connectivity index (χ0n) is 12.2. The number of rotatable bonds is 7. The molecule has 0 radical (unpaired) electrons. The van der Waals surface area contributed by atoms with Gasteiger partial charge in [0.05, 0.1) is 6.10 Å². The molecule has 0 aromatic heterocycles. The molecule has 0 saturated heterocycles. The summed E-state index contributed by atoms with van der Waals surface area (Å²) in [7, 11) is 0. The first-order valence-electron chi connectivity index (χ1n) is 7.19. The van der Waals surface area contributed by atoms with E-state index >= 15 is 0 Å². The van der Waals surface area contributed by atoms with Crippen molar-refractivity contribution in [2.24, 2.45) is 0 Å². The highest BCUT2D eigenvalue weighted by Crippen LogP contribution is 2.11. The van der Waals surface area contributed by atoms with Gasteiger partial charge in [-0.2, -0.15) is 0 Å². The van der Waals surface area contributed by atoms with E-state index < -0.39 is 6.10 Å². The SMILES string of the molecule is CC(Cc1ccc(C=O)cc1)NCC(O)c1ccccc1. The van der Waals surface area contributed by atoms with Crippen molar-refractivity contribution < 1.29 is 9.90 Å². The molecule has 0 saturated carbocycles. The highest BCUT2D eigenvalue weighted by Gasteiger charge is 2.09. The minimum atomic E-state index is -0.494. The molecule has 2 aromatic carbocycles. The zero-order chi connectivity index (χ0) is 15.1. The molecule has 0 aliphatic rings. The van der Waals surface area contributed by atoms with E-state index in [2.05, 4.69) is 12.2 Å². The summed E-state index contributed by atoms with van der Waals surface area (Å²) in [5.74, 6) is 0. The first kappa shape index (κ1) is 15.4. The first-order valence-corrected chi connectivity index (χ1v) is 7.19. The number of hydrogen-bond donors (Lipinski definition) is 2. The van der Waals surface area contributed by atoms with E-state index in [1.54, 1.807) is 0 Å². The maximum Gasteiger partial charge on any atom is 0.150 e. The van der Waals surface area contributed by atoms with Crippen LogP contribution in [0.15, 0.2) is 54.6 Å². The highest BCUT2D eigenvalue weighted by molar-refractivity contribution is 5.74. The van der Waals surface area contributed by atoms with Crippen molar-refractivity contribution >= 4 is 6.29 Å². The molecule has 0 bridgehead atoms. The number of carbonyl (C=O) groups excluding carboxylic acids is 1. The van der Waals surface area contributed by atoms with E-state index in [1.165, 1.54) is 5.56 Å². The summed E-state index contributed by atoms with van der Waals surface area (Å²) < 4.78 is 0. The molecule has 2 rings (SSSR count). The summed E-state index contributed by atoms with van der Waals surface area (Å²) in [6.45, 7) is 2.61. The molecule has 2 atom stereocenters. The average molecular weight is 283 g/mol. The Morgan fingerprint density at radius 3 is 2.38 bits per heavy atom. The van der Waals surface area contributed by atoms with E-state index in [1.807, 2.05) is 54.6 Å². The van der Waals surface area contributed by atoms with E-state index in [0.717, 1.165) is 18.3 Å². The van der Waals surface area contributed by atoms with E-state index in [0.29, 0.717) is 12.1 Å². The Kier molecular flexibility index (Phi) is 5.67. The standard InChI is InChI=1S/C18H21NO2/c1-14(11-15-7-9-16(13-20)10-8-15)19-12-18(21)17-5-3-2-4-6-17/h2-10,13-14,18-19,21H,11-12H2,1H3. The highest BCUT2D eigenvalue weighted by atomic mass is 16.3. The number of aldehydes is 1. The lowest BCUT2D eigenvalue weighted by Crippen LogP contribution is -2.32. The summed E-state index contributed by atoms with van der Waals surface area (Å²) in [6.07, 6.45) is 1.22. The molecule has 0 fully saturated rings. The van der Waals surface area contributed by atoms with Crippen LogP contribution in [0.1, 0.15) is 34.5 Å². The number of aliphatic hydroxyl groups is 1. The van der Waals surface area contributed by atoms with Crippen LogP contribution in [-0.2, 0) is 6.42 Å². The van der Waals surface area contributed by atoms with E-state index in [-0.39, 0.29) is 6.04 Å². The number of hydrogen-bond acceptors (Lipinski definition) is 3. The molecule has 2 aromatic rings. The summed E-state index contributed by atoms with van der Waals surface area (Å²) in [5.41, 5.74) is 2.79.